The molecule has 0 spiro atoms. The topological polar surface area (TPSA) is 82.3 Å². The van der Waals surface area contributed by atoms with Gasteiger partial charge in [-0.3, -0.25) is 4.98 Å². The van der Waals surface area contributed by atoms with E-state index in [1.54, 1.807) is 0 Å². The molecule has 90 valence electrons. The van der Waals surface area contributed by atoms with Crippen LogP contribution in [0.5, 0.6) is 5.75 Å². The third kappa shape index (κ3) is 2.27. The second kappa shape index (κ2) is 4.30. The van der Waals surface area contributed by atoms with E-state index in [2.05, 4.69) is 4.98 Å². The molecule has 1 heterocycles. The van der Waals surface area contributed by atoms with Gasteiger partial charge in [0, 0.05) is 5.56 Å². The van der Waals surface area contributed by atoms with Gasteiger partial charge in [0.2, 0.25) is 10.0 Å². The zero-order valence-corrected chi connectivity index (χ0v) is 9.38. The Hall–Kier alpha value is -1.28. The SMILES string of the molecule is COc1cnc(C(F)F)c(C)c1S(N)(=O)=O. The molecule has 0 unspecified atom stereocenters. The van der Waals surface area contributed by atoms with Gasteiger partial charge in [0.25, 0.3) is 6.43 Å². The van der Waals surface area contributed by atoms with Crippen molar-refractivity contribution in [3.63, 3.8) is 0 Å². The summed E-state index contributed by atoms with van der Waals surface area (Å²) in [5, 5.41) is 4.92. The smallest absolute Gasteiger partial charge is 0.280 e. The molecule has 5 nitrogen and oxygen atoms in total. The van der Waals surface area contributed by atoms with Gasteiger partial charge in [0.15, 0.2) is 5.75 Å². The van der Waals surface area contributed by atoms with E-state index in [-0.39, 0.29) is 11.3 Å². The summed E-state index contributed by atoms with van der Waals surface area (Å²) in [5.74, 6) is -0.149. The van der Waals surface area contributed by atoms with Crippen LogP contribution in [0.2, 0.25) is 0 Å². The van der Waals surface area contributed by atoms with Crippen LogP contribution in [0.1, 0.15) is 17.7 Å². The van der Waals surface area contributed by atoms with Crippen LogP contribution in [-0.2, 0) is 10.0 Å². The lowest BCUT2D eigenvalue weighted by Crippen LogP contribution is -2.16. The predicted octanol–water partition coefficient (Wildman–Crippen LogP) is 0.984. The van der Waals surface area contributed by atoms with Gasteiger partial charge in [-0.1, -0.05) is 0 Å². The van der Waals surface area contributed by atoms with Crippen molar-refractivity contribution < 1.29 is 21.9 Å². The van der Waals surface area contributed by atoms with Gasteiger partial charge in [-0.15, -0.1) is 0 Å². The molecule has 1 aromatic heterocycles. The van der Waals surface area contributed by atoms with Crippen LogP contribution >= 0.6 is 0 Å². The fourth-order valence-electron chi connectivity index (χ4n) is 1.30. The molecule has 0 aliphatic rings. The highest BCUT2D eigenvalue weighted by Crippen LogP contribution is 2.31. The molecule has 0 aliphatic heterocycles. The number of hydrogen-bond acceptors (Lipinski definition) is 4. The summed E-state index contributed by atoms with van der Waals surface area (Å²) in [6.45, 7) is 1.21. The molecule has 8 heteroatoms. The number of halogens is 2. The highest BCUT2D eigenvalue weighted by atomic mass is 32.2. The first-order chi connectivity index (χ1) is 7.29. The van der Waals surface area contributed by atoms with E-state index in [1.807, 2.05) is 0 Å². The number of rotatable bonds is 3. The number of nitrogens with two attached hydrogens (primary N) is 1. The minimum absolute atomic E-state index is 0.149. The van der Waals surface area contributed by atoms with E-state index in [1.165, 1.54) is 14.0 Å². The fourth-order valence-corrected chi connectivity index (χ4v) is 2.25. The molecule has 2 N–H and O–H groups in total. The summed E-state index contributed by atoms with van der Waals surface area (Å²) >= 11 is 0. The first-order valence-corrected chi connectivity index (χ1v) is 5.68. The number of methoxy groups -OCH3 is 1. The Morgan fingerprint density at radius 2 is 2.06 bits per heavy atom. The maximum Gasteiger partial charge on any atom is 0.280 e. The maximum absolute atomic E-state index is 12.5. The van der Waals surface area contributed by atoms with Gasteiger partial charge < -0.3 is 4.74 Å². The van der Waals surface area contributed by atoms with E-state index < -0.39 is 27.0 Å². The summed E-state index contributed by atoms with van der Waals surface area (Å²) in [5.41, 5.74) is -0.818. The number of aromatic nitrogens is 1. The van der Waals surface area contributed by atoms with Crippen LogP contribution in [0, 0.1) is 6.92 Å². The van der Waals surface area contributed by atoms with Crippen molar-refractivity contribution in [1.29, 1.82) is 0 Å². The van der Waals surface area contributed by atoms with Crippen LogP contribution in [0.25, 0.3) is 0 Å². The Kier molecular flexibility index (Phi) is 3.44. The molecule has 0 saturated heterocycles. The van der Waals surface area contributed by atoms with Gasteiger partial charge in [0.1, 0.15) is 10.6 Å². The lowest BCUT2D eigenvalue weighted by Gasteiger charge is -2.12. The number of alkyl halides is 2. The third-order valence-corrected chi connectivity index (χ3v) is 3.06. The standard InChI is InChI=1S/C8H10F2N2O3S/c1-4-6(8(9)10)12-3-5(15-2)7(4)16(11,13)14/h3,8H,1-2H3,(H2,11,13,14). The molecular weight excluding hydrogens is 242 g/mol. The minimum atomic E-state index is -4.13. The van der Waals surface area contributed by atoms with Crippen LogP contribution in [0.4, 0.5) is 8.78 Å². The number of sulfonamides is 1. The minimum Gasteiger partial charge on any atom is -0.494 e. The summed E-state index contributed by atoms with van der Waals surface area (Å²) in [7, 11) is -2.93. The van der Waals surface area contributed by atoms with Crippen LogP contribution in [-0.4, -0.2) is 20.5 Å². The Balaban J connectivity index is 3.60. The second-order valence-electron chi connectivity index (χ2n) is 3.01. The van der Waals surface area contributed by atoms with Gasteiger partial charge in [0.05, 0.1) is 13.3 Å². The molecule has 0 radical (unpaired) electrons. The number of nitrogens with zero attached hydrogens (tertiary/aromatic N) is 1. The molecule has 1 aromatic rings. The number of hydrogen-bond donors (Lipinski definition) is 1. The summed E-state index contributed by atoms with van der Waals surface area (Å²) in [6, 6.07) is 0. The van der Waals surface area contributed by atoms with E-state index in [9.17, 15) is 17.2 Å². The predicted molar refractivity (Wildman–Crippen MR) is 51.9 cm³/mol. The van der Waals surface area contributed by atoms with E-state index in [0.29, 0.717) is 0 Å². The lowest BCUT2D eigenvalue weighted by molar-refractivity contribution is 0.144. The molecule has 1 rings (SSSR count). The molecule has 0 atom stereocenters. The quantitative estimate of drug-likeness (QED) is 0.869. The Bertz CT molecular complexity index is 502. The van der Waals surface area contributed by atoms with Crippen LogP contribution in [0.15, 0.2) is 11.1 Å². The summed E-state index contributed by atoms with van der Waals surface area (Å²) < 4.78 is 52.2. The Labute approximate surface area is 91.3 Å². The van der Waals surface area contributed by atoms with Crippen molar-refractivity contribution in [2.75, 3.05) is 7.11 Å². The number of ether oxygens (including phenoxy) is 1. The second-order valence-corrected chi connectivity index (χ2v) is 4.51. The van der Waals surface area contributed by atoms with E-state index >= 15 is 0 Å². The Morgan fingerprint density at radius 3 is 2.44 bits per heavy atom. The van der Waals surface area contributed by atoms with Gasteiger partial charge in [-0.25, -0.2) is 22.3 Å². The Morgan fingerprint density at radius 1 is 1.50 bits per heavy atom. The number of pyridine rings is 1. The first-order valence-electron chi connectivity index (χ1n) is 4.13. The maximum atomic E-state index is 12.5. The first kappa shape index (κ1) is 12.8. The van der Waals surface area contributed by atoms with Gasteiger partial charge in [-0.2, -0.15) is 0 Å². The molecule has 0 saturated carbocycles. The summed E-state index contributed by atoms with van der Waals surface area (Å²) in [4.78, 5) is 2.97. The highest BCUT2D eigenvalue weighted by molar-refractivity contribution is 7.89. The van der Waals surface area contributed by atoms with E-state index in [4.69, 9.17) is 9.88 Å². The third-order valence-electron chi connectivity index (χ3n) is 1.98. The molecule has 0 amide bonds. The molecule has 0 aliphatic carbocycles. The van der Waals surface area contributed by atoms with Crippen molar-refractivity contribution in [3.05, 3.63) is 17.5 Å². The summed E-state index contributed by atoms with van der Waals surface area (Å²) in [6.07, 6.45) is -1.96. The molecule has 0 aromatic carbocycles. The van der Waals surface area contributed by atoms with Crippen molar-refractivity contribution in [2.45, 2.75) is 18.2 Å². The van der Waals surface area contributed by atoms with Crippen molar-refractivity contribution in [1.82, 2.24) is 4.98 Å². The molecule has 0 fully saturated rings. The van der Waals surface area contributed by atoms with Crippen molar-refractivity contribution in [3.8, 4) is 5.75 Å². The highest BCUT2D eigenvalue weighted by Gasteiger charge is 2.24. The molecular formula is C8H10F2N2O3S. The zero-order chi connectivity index (χ0) is 12.5. The van der Waals surface area contributed by atoms with Gasteiger partial charge in [-0.05, 0) is 6.92 Å². The van der Waals surface area contributed by atoms with Crippen molar-refractivity contribution in [2.24, 2.45) is 5.14 Å². The monoisotopic (exact) mass is 252 g/mol. The van der Waals surface area contributed by atoms with Crippen molar-refractivity contribution >= 4 is 10.0 Å². The molecule has 0 bridgehead atoms. The van der Waals surface area contributed by atoms with E-state index in [0.717, 1.165) is 6.20 Å². The van der Waals surface area contributed by atoms with Crippen LogP contribution < -0.4 is 9.88 Å². The molecule has 16 heavy (non-hydrogen) atoms. The number of primary sulfonamides is 1. The largest absolute Gasteiger partial charge is 0.494 e. The average molecular weight is 252 g/mol. The fraction of sp³-hybridized carbons (Fsp3) is 0.375. The zero-order valence-electron chi connectivity index (χ0n) is 8.57. The van der Waals surface area contributed by atoms with Gasteiger partial charge >= 0.3 is 0 Å². The lowest BCUT2D eigenvalue weighted by atomic mass is 10.2. The average Bonchev–Trinajstić information content (AvgIpc) is 2.14. The normalized spacial score (nSPS) is 11.9. The van der Waals surface area contributed by atoms with Crippen LogP contribution in [0.3, 0.4) is 0 Å².